The van der Waals surface area contributed by atoms with Crippen LogP contribution in [-0.4, -0.2) is 44.3 Å². The summed E-state index contributed by atoms with van der Waals surface area (Å²) < 4.78 is 0. The maximum Gasteiger partial charge on any atom is 0.335 e. The molecule has 0 aliphatic heterocycles. The Morgan fingerprint density at radius 2 is 1.17 bits per heavy atom. The van der Waals surface area contributed by atoms with Crippen molar-refractivity contribution in [2.24, 2.45) is 0 Å². The van der Waals surface area contributed by atoms with Crippen molar-refractivity contribution in [2.45, 2.75) is 70.6 Å². The highest BCUT2D eigenvalue weighted by atomic mass is 16.4. The van der Waals surface area contributed by atoms with E-state index in [1.165, 1.54) is 12.1 Å². The first-order valence-corrected chi connectivity index (χ1v) is 9.71. The van der Waals surface area contributed by atoms with Crippen LogP contribution >= 0.6 is 0 Å². The zero-order valence-corrected chi connectivity index (χ0v) is 16.5. The fourth-order valence-corrected chi connectivity index (χ4v) is 3.37. The molecule has 1 aliphatic carbocycles. The Kier molecular flexibility index (Phi) is 9.85. The smallest absolute Gasteiger partial charge is 0.335 e. The summed E-state index contributed by atoms with van der Waals surface area (Å²) in [5.41, 5.74) is 1.82. The van der Waals surface area contributed by atoms with E-state index in [0.29, 0.717) is 17.5 Å². The average Bonchev–Trinajstić information content (AvgIpc) is 2.62. The molecule has 0 saturated carbocycles. The van der Waals surface area contributed by atoms with Crippen LogP contribution in [0.2, 0.25) is 0 Å². The van der Waals surface area contributed by atoms with Gasteiger partial charge in [-0.3, -0.25) is 9.59 Å². The number of carboxylic acid groups (broad SMARTS) is 4. The highest BCUT2D eigenvalue weighted by Gasteiger charge is 2.31. The van der Waals surface area contributed by atoms with E-state index in [9.17, 15) is 19.2 Å². The van der Waals surface area contributed by atoms with E-state index in [1.54, 1.807) is 0 Å². The van der Waals surface area contributed by atoms with Gasteiger partial charge in [-0.05, 0) is 48.4 Å². The van der Waals surface area contributed by atoms with Crippen LogP contribution in [0.1, 0.15) is 96.1 Å². The standard InChI is InChI=1S/C11H10O4.C10H18O4/c1-5-4-8-6(10(12)13)2-3-7(9(5)8)11(14)15;11-9(12)7-5-3-1-2-4-6-8-10(13)14/h2-3,5H,4H2,1H3,(H,12,13)(H,14,15);1-8H2,(H,11,12)(H,13,14). The molecule has 160 valence electrons. The van der Waals surface area contributed by atoms with Gasteiger partial charge in [0.2, 0.25) is 0 Å². The molecule has 29 heavy (non-hydrogen) atoms. The van der Waals surface area contributed by atoms with Crippen molar-refractivity contribution in [3.8, 4) is 0 Å². The number of carbonyl (C=O) groups is 4. The SMILES string of the molecule is CC1Cc2c(C(=O)O)ccc(C(=O)O)c21.O=C(O)CCCCCCCCC(=O)O. The van der Waals surface area contributed by atoms with Crippen molar-refractivity contribution in [1.82, 2.24) is 0 Å². The highest BCUT2D eigenvalue weighted by molar-refractivity contribution is 5.96. The minimum Gasteiger partial charge on any atom is -0.481 e. The van der Waals surface area contributed by atoms with Crippen molar-refractivity contribution in [3.63, 3.8) is 0 Å². The van der Waals surface area contributed by atoms with Gasteiger partial charge in [-0.1, -0.05) is 32.6 Å². The molecular weight excluding hydrogens is 380 g/mol. The van der Waals surface area contributed by atoms with Gasteiger partial charge in [0.05, 0.1) is 11.1 Å². The Labute approximate surface area is 169 Å². The maximum atomic E-state index is 10.9. The second kappa shape index (κ2) is 11.8. The third-order valence-electron chi connectivity index (χ3n) is 4.85. The predicted octanol–water partition coefficient (Wildman–Crippen LogP) is 4.02. The van der Waals surface area contributed by atoms with Crippen molar-refractivity contribution in [3.05, 3.63) is 34.4 Å². The summed E-state index contributed by atoms with van der Waals surface area (Å²) in [5.74, 6) is -3.32. The zero-order chi connectivity index (χ0) is 22.0. The van der Waals surface area contributed by atoms with E-state index < -0.39 is 23.9 Å². The number of benzene rings is 1. The monoisotopic (exact) mass is 408 g/mol. The second-order valence-corrected chi connectivity index (χ2v) is 7.18. The molecule has 4 N–H and O–H groups in total. The molecule has 0 radical (unpaired) electrons. The van der Waals surface area contributed by atoms with Crippen molar-refractivity contribution < 1.29 is 39.6 Å². The molecule has 2 rings (SSSR count). The molecule has 8 nitrogen and oxygen atoms in total. The number of hydrogen-bond donors (Lipinski definition) is 4. The maximum absolute atomic E-state index is 10.9. The molecule has 1 aliphatic rings. The first-order valence-electron chi connectivity index (χ1n) is 9.71. The van der Waals surface area contributed by atoms with Crippen LogP contribution < -0.4 is 0 Å². The molecule has 0 aromatic heterocycles. The molecule has 0 amide bonds. The molecule has 8 heteroatoms. The molecule has 1 aromatic rings. The number of aliphatic carboxylic acids is 2. The summed E-state index contributed by atoms with van der Waals surface area (Å²) >= 11 is 0. The fraction of sp³-hybridized carbons (Fsp3) is 0.524. The summed E-state index contributed by atoms with van der Waals surface area (Å²) in [5, 5.41) is 34.5. The van der Waals surface area contributed by atoms with Gasteiger partial charge in [-0.25, -0.2) is 9.59 Å². The minimum absolute atomic E-state index is 0.144. The van der Waals surface area contributed by atoms with Crippen LogP contribution in [0.15, 0.2) is 12.1 Å². The van der Waals surface area contributed by atoms with Crippen LogP contribution in [0.5, 0.6) is 0 Å². The predicted molar refractivity (Wildman–Crippen MR) is 105 cm³/mol. The summed E-state index contributed by atoms with van der Waals surface area (Å²) in [4.78, 5) is 42.0. The van der Waals surface area contributed by atoms with E-state index in [0.717, 1.165) is 38.5 Å². The van der Waals surface area contributed by atoms with Crippen LogP contribution in [0.3, 0.4) is 0 Å². The van der Waals surface area contributed by atoms with Crippen LogP contribution in [0.25, 0.3) is 0 Å². The lowest BCUT2D eigenvalue weighted by molar-refractivity contribution is -0.138. The Morgan fingerprint density at radius 3 is 1.55 bits per heavy atom. The number of aromatic carboxylic acids is 2. The van der Waals surface area contributed by atoms with Crippen LogP contribution in [-0.2, 0) is 16.0 Å². The summed E-state index contributed by atoms with van der Waals surface area (Å²) in [6.45, 7) is 1.90. The van der Waals surface area contributed by atoms with E-state index in [1.807, 2.05) is 6.92 Å². The second-order valence-electron chi connectivity index (χ2n) is 7.18. The zero-order valence-electron chi connectivity index (χ0n) is 16.5. The van der Waals surface area contributed by atoms with Gasteiger partial charge in [-0.2, -0.15) is 0 Å². The van der Waals surface area contributed by atoms with Gasteiger partial charge in [0, 0.05) is 12.8 Å². The van der Waals surface area contributed by atoms with Gasteiger partial charge in [0.25, 0.3) is 0 Å². The van der Waals surface area contributed by atoms with Crippen LogP contribution in [0.4, 0.5) is 0 Å². The Balaban J connectivity index is 0.000000291. The third-order valence-corrected chi connectivity index (χ3v) is 4.85. The van der Waals surface area contributed by atoms with Gasteiger partial charge in [0.1, 0.15) is 0 Å². The third kappa shape index (κ3) is 7.93. The highest BCUT2D eigenvalue weighted by Crippen LogP contribution is 2.39. The quantitative estimate of drug-likeness (QED) is 0.401. The molecule has 0 heterocycles. The number of fused-ring (bicyclic) bond motifs is 1. The van der Waals surface area contributed by atoms with E-state index in [4.69, 9.17) is 20.4 Å². The Hall–Kier alpha value is -2.90. The average molecular weight is 408 g/mol. The van der Waals surface area contributed by atoms with E-state index in [2.05, 4.69) is 0 Å². The molecule has 1 atom stereocenters. The summed E-state index contributed by atoms with van der Waals surface area (Å²) in [6, 6.07) is 2.75. The normalized spacial score (nSPS) is 14.0. The molecule has 0 spiro atoms. The molecule has 1 aromatic carbocycles. The lowest BCUT2D eigenvalue weighted by Crippen LogP contribution is -2.23. The lowest BCUT2D eigenvalue weighted by atomic mass is 9.73. The van der Waals surface area contributed by atoms with Crippen molar-refractivity contribution in [2.75, 3.05) is 0 Å². The lowest BCUT2D eigenvalue weighted by Gasteiger charge is -2.30. The number of carboxylic acids is 4. The van der Waals surface area contributed by atoms with Gasteiger partial charge < -0.3 is 20.4 Å². The molecular formula is C21H28O8. The largest absolute Gasteiger partial charge is 0.481 e. The van der Waals surface area contributed by atoms with Crippen LogP contribution in [0, 0.1) is 0 Å². The van der Waals surface area contributed by atoms with E-state index in [-0.39, 0.29) is 29.9 Å². The van der Waals surface area contributed by atoms with Gasteiger partial charge in [-0.15, -0.1) is 0 Å². The Morgan fingerprint density at radius 1 is 0.759 bits per heavy atom. The molecule has 0 saturated heterocycles. The molecule has 0 fully saturated rings. The van der Waals surface area contributed by atoms with Crippen molar-refractivity contribution in [1.29, 1.82) is 0 Å². The fourth-order valence-electron chi connectivity index (χ4n) is 3.37. The van der Waals surface area contributed by atoms with Gasteiger partial charge in [0.15, 0.2) is 0 Å². The number of rotatable bonds is 11. The topological polar surface area (TPSA) is 149 Å². The molecule has 1 unspecified atom stereocenters. The number of hydrogen-bond acceptors (Lipinski definition) is 4. The summed E-state index contributed by atoms with van der Waals surface area (Å²) in [6.07, 6.45) is 6.48. The summed E-state index contributed by atoms with van der Waals surface area (Å²) in [7, 11) is 0. The number of unbranched alkanes of at least 4 members (excludes halogenated alkanes) is 5. The Bertz CT molecular complexity index is 733. The first-order chi connectivity index (χ1) is 13.6. The van der Waals surface area contributed by atoms with Crippen molar-refractivity contribution >= 4 is 23.9 Å². The molecule has 0 bridgehead atoms. The first kappa shape index (κ1) is 24.1. The van der Waals surface area contributed by atoms with E-state index >= 15 is 0 Å². The van der Waals surface area contributed by atoms with Gasteiger partial charge >= 0.3 is 23.9 Å². The minimum atomic E-state index is -0.991.